The van der Waals surface area contributed by atoms with Crippen molar-refractivity contribution in [2.75, 3.05) is 11.4 Å². The Morgan fingerprint density at radius 2 is 1.83 bits per heavy atom. The maximum Gasteiger partial charge on any atom is 0.273 e. The molecule has 1 amide bonds. The first kappa shape index (κ1) is 14.5. The third-order valence-corrected chi connectivity index (χ3v) is 5.45. The molecule has 1 saturated heterocycles. The molecule has 0 bridgehead atoms. The van der Waals surface area contributed by atoms with Crippen LogP contribution in [-0.2, 0) is 4.79 Å². The Kier molecular flexibility index (Phi) is 3.69. The fourth-order valence-corrected chi connectivity index (χ4v) is 4.05. The minimum atomic E-state index is -0.241. The van der Waals surface area contributed by atoms with E-state index in [9.17, 15) is 9.59 Å². The van der Waals surface area contributed by atoms with Crippen LogP contribution < -0.4 is 10.5 Å². The van der Waals surface area contributed by atoms with Gasteiger partial charge in [-0.2, -0.15) is 4.98 Å². The Bertz CT molecular complexity index is 786. The number of nitrogens with zero attached hydrogens (tertiary/aromatic N) is 3. The predicted octanol–water partition coefficient (Wildman–Crippen LogP) is 2.48. The predicted molar refractivity (Wildman–Crippen MR) is 89.8 cm³/mol. The van der Waals surface area contributed by atoms with Gasteiger partial charge < -0.3 is 9.47 Å². The quantitative estimate of drug-likeness (QED) is 0.810. The molecule has 118 valence electrons. The van der Waals surface area contributed by atoms with Crippen molar-refractivity contribution in [3.8, 4) is 0 Å². The van der Waals surface area contributed by atoms with E-state index in [0.29, 0.717) is 17.7 Å². The fourth-order valence-electron chi connectivity index (χ4n) is 2.87. The van der Waals surface area contributed by atoms with Gasteiger partial charge in [-0.15, -0.1) is 0 Å². The van der Waals surface area contributed by atoms with Gasteiger partial charge in [0.2, 0.25) is 5.91 Å². The largest absolute Gasteiger partial charge is 0.324 e. The third kappa shape index (κ3) is 2.91. The molecule has 2 fully saturated rings. The summed E-state index contributed by atoms with van der Waals surface area (Å²) in [5, 5.41) is 0.503. The van der Waals surface area contributed by atoms with Crippen LogP contribution in [0.2, 0.25) is 0 Å². The van der Waals surface area contributed by atoms with Gasteiger partial charge in [-0.05, 0) is 31.4 Å². The monoisotopic (exact) mass is 327 g/mol. The summed E-state index contributed by atoms with van der Waals surface area (Å²) in [4.78, 5) is 30.2. The topological polar surface area (TPSA) is 55.2 Å². The first-order chi connectivity index (χ1) is 11.2. The normalized spacial score (nSPS) is 21.0. The van der Waals surface area contributed by atoms with Crippen LogP contribution >= 0.6 is 11.8 Å². The number of carbonyl (C=O) groups excluding carboxylic acids is 1. The molecule has 23 heavy (non-hydrogen) atoms. The summed E-state index contributed by atoms with van der Waals surface area (Å²) in [6, 6.07) is 11.7. The highest BCUT2D eigenvalue weighted by atomic mass is 32.2. The van der Waals surface area contributed by atoms with E-state index in [0.717, 1.165) is 24.9 Å². The standard InChI is InChI=1S/C17H17N3O2S/c21-15-9-11-20(13-6-7-13)17(18-15)23-14-8-10-19(16(14)22)12-4-2-1-3-5-12/h1-5,9,11,13-14H,6-8,10H2/t14-/m1/s1. The number of benzene rings is 1. The van der Waals surface area contributed by atoms with Gasteiger partial charge in [0.1, 0.15) is 0 Å². The third-order valence-electron chi connectivity index (χ3n) is 4.22. The number of anilines is 1. The van der Waals surface area contributed by atoms with Crippen molar-refractivity contribution in [3.63, 3.8) is 0 Å². The van der Waals surface area contributed by atoms with Crippen LogP contribution in [0.15, 0.2) is 52.5 Å². The van der Waals surface area contributed by atoms with Gasteiger partial charge in [-0.3, -0.25) is 9.59 Å². The lowest BCUT2D eigenvalue weighted by Gasteiger charge is -2.17. The SMILES string of the molecule is O=C1[C@H](Sc2nc(=O)ccn2C2CC2)CCN1c1ccccc1. The van der Waals surface area contributed by atoms with Crippen LogP contribution in [0.3, 0.4) is 0 Å². The number of para-hydroxylation sites is 1. The number of hydrogen-bond acceptors (Lipinski definition) is 4. The van der Waals surface area contributed by atoms with Crippen molar-refractivity contribution in [3.05, 3.63) is 52.9 Å². The molecule has 0 radical (unpaired) electrons. The van der Waals surface area contributed by atoms with Crippen LogP contribution in [0.1, 0.15) is 25.3 Å². The van der Waals surface area contributed by atoms with Crippen LogP contribution in [-0.4, -0.2) is 27.3 Å². The number of aromatic nitrogens is 2. The summed E-state index contributed by atoms with van der Waals surface area (Å²) >= 11 is 1.43. The molecule has 0 unspecified atom stereocenters. The second-order valence-electron chi connectivity index (χ2n) is 5.91. The molecule has 0 spiro atoms. The minimum Gasteiger partial charge on any atom is -0.324 e. The smallest absolute Gasteiger partial charge is 0.273 e. The van der Waals surface area contributed by atoms with Gasteiger partial charge in [0.25, 0.3) is 5.56 Å². The van der Waals surface area contributed by atoms with E-state index < -0.39 is 0 Å². The first-order valence-corrected chi connectivity index (χ1v) is 8.72. The molecule has 4 rings (SSSR count). The van der Waals surface area contributed by atoms with Gasteiger partial charge in [0.15, 0.2) is 5.16 Å². The van der Waals surface area contributed by atoms with Gasteiger partial charge in [-0.1, -0.05) is 30.0 Å². The van der Waals surface area contributed by atoms with Crippen molar-refractivity contribution in [1.29, 1.82) is 0 Å². The summed E-state index contributed by atoms with van der Waals surface area (Å²) in [6.45, 7) is 0.709. The average Bonchev–Trinajstić information content (AvgIpc) is 3.34. The molecule has 2 aromatic rings. The highest BCUT2D eigenvalue weighted by Gasteiger charge is 2.35. The Morgan fingerprint density at radius 3 is 2.57 bits per heavy atom. The number of hydrogen-bond donors (Lipinski definition) is 0. The van der Waals surface area contributed by atoms with E-state index >= 15 is 0 Å². The average molecular weight is 327 g/mol. The molecule has 1 aliphatic heterocycles. The van der Waals surface area contributed by atoms with Crippen molar-refractivity contribution in [2.45, 2.75) is 35.7 Å². The van der Waals surface area contributed by atoms with Crippen molar-refractivity contribution < 1.29 is 4.79 Å². The Labute approximate surface area is 138 Å². The summed E-state index contributed by atoms with van der Waals surface area (Å²) < 4.78 is 2.05. The lowest BCUT2D eigenvalue weighted by atomic mass is 10.3. The molecule has 2 aliphatic rings. The highest BCUT2D eigenvalue weighted by molar-refractivity contribution is 8.00. The summed E-state index contributed by atoms with van der Waals surface area (Å²) in [5.74, 6) is 0.0987. The molecule has 6 heteroatoms. The molecular weight excluding hydrogens is 310 g/mol. The van der Waals surface area contributed by atoms with E-state index in [1.165, 1.54) is 17.8 Å². The van der Waals surface area contributed by atoms with E-state index in [1.807, 2.05) is 46.0 Å². The lowest BCUT2D eigenvalue weighted by Crippen LogP contribution is -2.28. The van der Waals surface area contributed by atoms with E-state index in [4.69, 9.17) is 0 Å². The van der Waals surface area contributed by atoms with Crippen LogP contribution in [0.4, 0.5) is 5.69 Å². The Balaban J connectivity index is 1.55. The molecule has 2 heterocycles. The lowest BCUT2D eigenvalue weighted by molar-refractivity contribution is -0.116. The molecule has 1 aromatic heterocycles. The maximum atomic E-state index is 12.7. The second kappa shape index (κ2) is 5.85. The van der Waals surface area contributed by atoms with Crippen LogP contribution in [0.5, 0.6) is 0 Å². The molecule has 1 atom stereocenters. The molecule has 5 nitrogen and oxygen atoms in total. The molecule has 1 aromatic carbocycles. The minimum absolute atomic E-state index is 0.0987. The fraction of sp³-hybridized carbons (Fsp3) is 0.353. The zero-order valence-electron chi connectivity index (χ0n) is 12.6. The van der Waals surface area contributed by atoms with Gasteiger partial charge in [0, 0.05) is 30.5 Å². The molecule has 1 saturated carbocycles. The number of rotatable bonds is 4. The number of carbonyl (C=O) groups is 1. The molecular formula is C17H17N3O2S. The molecule has 1 aliphatic carbocycles. The number of thioether (sulfide) groups is 1. The van der Waals surface area contributed by atoms with Crippen molar-refractivity contribution >= 4 is 23.4 Å². The van der Waals surface area contributed by atoms with Crippen LogP contribution in [0.25, 0.3) is 0 Å². The Morgan fingerprint density at radius 1 is 1.04 bits per heavy atom. The van der Waals surface area contributed by atoms with Crippen molar-refractivity contribution in [2.24, 2.45) is 0 Å². The van der Waals surface area contributed by atoms with E-state index in [-0.39, 0.29) is 16.7 Å². The van der Waals surface area contributed by atoms with E-state index in [1.54, 1.807) is 0 Å². The number of amides is 1. The van der Waals surface area contributed by atoms with Gasteiger partial charge in [0.05, 0.1) is 5.25 Å². The second-order valence-corrected chi connectivity index (χ2v) is 7.08. The summed E-state index contributed by atoms with van der Waals surface area (Å²) in [6.07, 6.45) is 4.82. The molecule has 0 N–H and O–H groups in total. The summed E-state index contributed by atoms with van der Waals surface area (Å²) in [5.41, 5.74) is 0.691. The maximum absolute atomic E-state index is 12.7. The van der Waals surface area contributed by atoms with E-state index in [2.05, 4.69) is 4.98 Å². The van der Waals surface area contributed by atoms with Crippen molar-refractivity contribution in [1.82, 2.24) is 9.55 Å². The van der Waals surface area contributed by atoms with Crippen LogP contribution in [0, 0.1) is 0 Å². The van der Waals surface area contributed by atoms with Gasteiger partial charge >= 0.3 is 0 Å². The zero-order chi connectivity index (χ0) is 15.8. The summed E-state index contributed by atoms with van der Waals surface area (Å²) in [7, 11) is 0. The van der Waals surface area contributed by atoms with Gasteiger partial charge in [-0.25, -0.2) is 0 Å². The first-order valence-electron chi connectivity index (χ1n) is 7.84. The zero-order valence-corrected chi connectivity index (χ0v) is 13.4. The highest BCUT2D eigenvalue weighted by Crippen LogP contribution is 2.39. The Hall–Kier alpha value is -2.08.